The molecule has 0 spiro atoms. The summed E-state index contributed by atoms with van der Waals surface area (Å²) in [6.07, 6.45) is 3.19. The molecule has 0 aliphatic heterocycles. The van der Waals surface area contributed by atoms with Crippen LogP contribution in [0.4, 0.5) is 0 Å². The molecule has 0 aromatic carbocycles. The largest absolute Gasteiger partial charge is 0.348 e. The highest BCUT2D eigenvalue weighted by molar-refractivity contribution is 7.09. The first-order chi connectivity index (χ1) is 9.56. The molecule has 0 atom stereocenters. The molecule has 20 heavy (non-hydrogen) atoms. The van der Waals surface area contributed by atoms with Gasteiger partial charge in [0.15, 0.2) is 0 Å². The zero-order chi connectivity index (χ0) is 15.0. The fraction of sp³-hybridized carbons (Fsp3) is 0.714. The lowest BCUT2D eigenvalue weighted by Gasteiger charge is -2.21. The molecule has 0 radical (unpaired) electrons. The Morgan fingerprint density at radius 2 is 2.15 bits per heavy atom. The Bertz CT molecular complexity index is 409. The molecular formula is C14H24ClN3OS. The molecular weight excluding hydrogens is 294 g/mol. The number of nitrogens with zero attached hydrogens (tertiary/aromatic N) is 3. The zero-order valence-corrected chi connectivity index (χ0v) is 14.1. The fourth-order valence-corrected chi connectivity index (χ4v) is 2.89. The first-order valence-electron chi connectivity index (χ1n) is 6.98. The topological polar surface area (TPSA) is 36.4 Å². The summed E-state index contributed by atoms with van der Waals surface area (Å²) in [4.78, 5) is 19.9. The number of aromatic nitrogens is 1. The van der Waals surface area contributed by atoms with Gasteiger partial charge in [-0.1, -0.05) is 6.92 Å². The summed E-state index contributed by atoms with van der Waals surface area (Å²) < 4.78 is 0. The van der Waals surface area contributed by atoms with Crippen LogP contribution in [0.25, 0.3) is 0 Å². The molecule has 0 fully saturated rings. The molecule has 0 aliphatic carbocycles. The number of likely N-dealkylation sites (N-methyl/N-ethyl adjacent to an activating group) is 2. The van der Waals surface area contributed by atoms with Crippen molar-refractivity contribution in [2.45, 2.75) is 32.1 Å². The third-order valence-corrected chi connectivity index (χ3v) is 4.39. The van der Waals surface area contributed by atoms with Crippen molar-refractivity contribution in [1.82, 2.24) is 14.8 Å². The van der Waals surface area contributed by atoms with Gasteiger partial charge in [-0.3, -0.25) is 9.69 Å². The first-order valence-corrected chi connectivity index (χ1v) is 8.40. The molecule has 0 saturated heterocycles. The van der Waals surface area contributed by atoms with Crippen molar-refractivity contribution in [1.29, 1.82) is 0 Å². The maximum atomic E-state index is 11.7. The first kappa shape index (κ1) is 17.4. The van der Waals surface area contributed by atoms with Crippen LogP contribution < -0.4 is 0 Å². The maximum absolute atomic E-state index is 11.7. The lowest BCUT2D eigenvalue weighted by molar-refractivity contribution is -0.129. The van der Waals surface area contributed by atoms with E-state index in [9.17, 15) is 4.79 Å². The number of halogens is 1. The predicted octanol–water partition coefficient (Wildman–Crippen LogP) is 2.61. The summed E-state index contributed by atoms with van der Waals surface area (Å²) in [7, 11) is 3.60. The van der Waals surface area contributed by atoms with E-state index >= 15 is 0 Å². The summed E-state index contributed by atoms with van der Waals surface area (Å²) in [5.41, 5.74) is 0.971. The van der Waals surface area contributed by atoms with Crippen LogP contribution in [0.5, 0.6) is 0 Å². The van der Waals surface area contributed by atoms with Gasteiger partial charge in [0.2, 0.25) is 5.91 Å². The maximum Gasteiger partial charge on any atom is 0.236 e. The molecule has 0 aliphatic rings. The Morgan fingerprint density at radius 1 is 1.40 bits per heavy atom. The van der Waals surface area contributed by atoms with Crippen LogP contribution >= 0.6 is 22.9 Å². The summed E-state index contributed by atoms with van der Waals surface area (Å²) in [5.74, 6) is 0.658. The van der Waals surface area contributed by atoms with Crippen molar-refractivity contribution >= 4 is 28.8 Å². The van der Waals surface area contributed by atoms with Crippen molar-refractivity contribution in [2.75, 3.05) is 33.7 Å². The van der Waals surface area contributed by atoms with Crippen molar-refractivity contribution in [3.63, 3.8) is 0 Å². The summed E-state index contributed by atoms with van der Waals surface area (Å²) in [5, 5.41) is 3.18. The Hall–Kier alpha value is -0.650. The van der Waals surface area contributed by atoms with Gasteiger partial charge in [0.05, 0.1) is 23.1 Å². The van der Waals surface area contributed by atoms with E-state index < -0.39 is 0 Å². The number of unbranched alkanes of at least 4 members (excludes halogenated alkanes) is 1. The van der Waals surface area contributed by atoms with Gasteiger partial charge in [-0.15, -0.1) is 22.9 Å². The van der Waals surface area contributed by atoms with Gasteiger partial charge in [0, 0.05) is 19.5 Å². The van der Waals surface area contributed by atoms with E-state index in [1.807, 2.05) is 5.38 Å². The average molecular weight is 318 g/mol. The minimum atomic E-state index is 0.165. The summed E-state index contributed by atoms with van der Waals surface area (Å²) >= 11 is 7.42. The van der Waals surface area contributed by atoms with Gasteiger partial charge in [0.1, 0.15) is 0 Å². The van der Waals surface area contributed by atoms with E-state index in [0.717, 1.165) is 43.1 Å². The highest BCUT2D eigenvalue weighted by Gasteiger charge is 2.10. The van der Waals surface area contributed by atoms with Crippen molar-refractivity contribution in [3.05, 3.63) is 16.1 Å². The molecule has 1 aromatic rings. The molecule has 1 heterocycles. The number of hydrogen-bond donors (Lipinski definition) is 0. The number of hydrogen-bond acceptors (Lipinski definition) is 4. The Morgan fingerprint density at radius 3 is 2.70 bits per heavy atom. The fourth-order valence-electron chi connectivity index (χ4n) is 1.82. The average Bonchev–Trinajstić information content (AvgIpc) is 2.89. The van der Waals surface area contributed by atoms with Crippen LogP contribution in [0.3, 0.4) is 0 Å². The number of alkyl halides is 1. The van der Waals surface area contributed by atoms with E-state index in [1.165, 1.54) is 0 Å². The van der Waals surface area contributed by atoms with Crippen LogP contribution in [0.1, 0.15) is 30.5 Å². The van der Waals surface area contributed by atoms with Crippen LogP contribution in [-0.4, -0.2) is 54.4 Å². The van der Waals surface area contributed by atoms with Crippen molar-refractivity contribution < 1.29 is 4.79 Å². The molecule has 6 heteroatoms. The zero-order valence-electron chi connectivity index (χ0n) is 12.6. The number of aryl methyl sites for hydroxylation is 1. The lowest BCUT2D eigenvalue weighted by Crippen LogP contribution is -2.37. The summed E-state index contributed by atoms with van der Waals surface area (Å²) in [6.45, 7) is 4.48. The molecule has 4 nitrogen and oxygen atoms in total. The third kappa shape index (κ3) is 6.20. The Balaban J connectivity index is 2.22. The molecule has 0 saturated carbocycles. The smallest absolute Gasteiger partial charge is 0.236 e. The van der Waals surface area contributed by atoms with Crippen LogP contribution in [0, 0.1) is 0 Å². The monoisotopic (exact) mass is 317 g/mol. The lowest BCUT2D eigenvalue weighted by atomic mass is 10.2. The Kier molecular flexibility index (Phi) is 8.11. The van der Waals surface area contributed by atoms with Crippen LogP contribution in [0.2, 0.25) is 0 Å². The number of thiazole rings is 1. The van der Waals surface area contributed by atoms with Gasteiger partial charge in [-0.25, -0.2) is 4.98 Å². The van der Waals surface area contributed by atoms with Crippen LogP contribution in [-0.2, 0) is 17.1 Å². The number of carbonyl (C=O) groups excluding carboxylic acids is 1. The van der Waals surface area contributed by atoms with Crippen molar-refractivity contribution in [3.8, 4) is 0 Å². The van der Waals surface area contributed by atoms with E-state index in [4.69, 9.17) is 11.6 Å². The molecule has 1 aromatic heterocycles. The standard InChI is InChI=1S/C14H24ClN3OS/c1-4-18(10-14(19)17(2)3)8-6-5-7-13-16-12(9-15)11-20-13/h11H,4-10H2,1-3H3. The van der Waals surface area contributed by atoms with E-state index in [-0.39, 0.29) is 5.91 Å². The third-order valence-electron chi connectivity index (χ3n) is 3.16. The second-order valence-electron chi connectivity index (χ2n) is 4.98. The SMILES string of the molecule is CCN(CCCCc1nc(CCl)cs1)CC(=O)N(C)C. The van der Waals surface area contributed by atoms with E-state index in [0.29, 0.717) is 12.4 Å². The molecule has 0 unspecified atom stereocenters. The van der Waals surface area contributed by atoms with Gasteiger partial charge in [0.25, 0.3) is 0 Å². The Labute approximate surface area is 130 Å². The summed E-state index contributed by atoms with van der Waals surface area (Å²) in [6, 6.07) is 0. The molecule has 0 N–H and O–H groups in total. The minimum Gasteiger partial charge on any atom is -0.348 e. The van der Waals surface area contributed by atoms with Gasteiger partial charge < -0.3 is 4.90 Å². The number of amides is 1. The highest BCUT2D eigenvalue weighted by Crippen LogP contribution is 2.14. The number of carbonyl (C=O) groups is 1. The second-order valence-corrected chi connectivity index (χ2v) is 6.19. The van der Waals surface area contributed by atoms with Gasteiger partial charge in [-0.2, -0.15) is 0 Å². The predicted molar refractivity (Wildman–Crippen MR) is 85.4 cm³/mol. The van der Waals surface area contributed by atoms with Crippen LogP contribution in [0.15, 0.2) is 5.38 Å². The highest BCUT2D eigenvalue weighted by atomic mass is 35.5. The molecule has 114 valence electrons. The minimum absolute atomic E-state index is 0.165. The quantitative estimate of drug-likeness (QED) is 0.519. The van der Waals surface area contributed by atoms with E-state index in [2.05, 4.69) is 16.8 Å². The molecule has 0 bridgehead atoms. The second kappa shape index (κ2) is 9.32. The molecule has 1 amide bonds. The van der Waals surface area contributed by atoms with E-state index in [1.54, 1.807) is 30.3 Å². The number of rotatable bonds is 9. The normalized spacial score (nSPS) is 11.1. The van der Waals surface area contributed by atoms with Gasteiger partial charge >= 0.3 is 0 Å². The van der Waals surface area contributed by atoms with Gasteiger partial charge in [-0.05, 0) is 32.4 Å². The molecule has 1 rings (SSSR count). The van der Waals surface area contributed by atoms with Crippen molar-refractivity contribution in [2.24, 2.45) is 0 Å².